The van der Waals surface area contributed by atoms with E-state index in [2.05, 4.69) is 0 Å². The lowest BCUT2D eigenvalue weighted by atomic mass is 10.1. The second-order valence-corrected chi connectivity index (χ2v) is 5.52. The van der Waals surface area contributed by atoms with Crippen molar-refractivity contribution in [3.63, 3.8) is 0 Å². The predicted molar refractivity (Wildman–Crippen MR) is 88.6 cm³/mol. The largest absolute Gasteiger partial charge is 0.478 e. The summed E-state index contributed by atoms with van der Waals surface area (Å²) in [7, 11) is 0. The molecule has 2 rings (SSSR count). The molecule has 118 valence electrons. The van der Waals surface area contributed by atoms with Crippen molar-refractivity contribution >= 4 is 17.8 Å². The Balaban J connectivity index is 2.22. The van der Waals surface area contributed by atoms with Gasteiger partial charge in [0.1, 0.15) is 5.75 Å². The minimum atomic E-state index is -1.35. The molecule has 4 nitrogen and oxygen atoms in total. The van der Waals surface area contributed by atoms with Crippen LogP contribution in [0.15, 0.2) is 60.7 Å². The Hall–Kier alpha value is -2.88. The van der Waals surface area contributed by atoms with E-state index in [4.69, 9.17) is 9.84 Å². The number of hydrogen-bond acceptors (Lipinski definition) is 3. The van der Waals surface area contributed by atoms with Crippen molar-refractivity contribution in [3.05, 3.63) is 71.8 Å². The molecule has 1 N–H and O–H groups in total. The van der Waals surface area contributed by atoms with Gasteiger partial charge in [0.15, 0.2) is 11.4 Å². The molecule has 0 radical (unpaired) electrons. The smallest absolute Gasteiger partial charge is 0.347 e. The van der Waals surface area contributed by atoms with Crippen LogP contribution in [0.5, 0.6) is 5.75 Å². The zero-order valence-corrected chi connectivity index (χ0v) is 13.0. The van der Waals surface area contributed by atoms with Crippen molar-refractivity contribution in [1.82, 2.24) is 0 Å². The first-order valence-corrected chi connectivity index (χ1v) is 7.19. The van der Waals surface area contributed by atoms with Crippen LogP contribution in [-0.4, -0.2) is 22.5 Å². The number of benzene rings is 2. The number of allylic oxidation sites excluding steroid dienone is 1. The molecule has 2 aromatic rings. The number of carboxylic acids is 1. The van der Waals surface area contributed by atoms with Crippen LogP contribution in [-0.2, 0) is 4.79 Å². The van der Waals surface area contributed by atoms with Crippen molar-refractivity contribution in [2.45, 2.75) is 19.4 Å². The molecule has 0 spiro atoms. The van der Waals surface area contributed by atoms with E-state index in [-0.39, 0.29) is 5.78 Å². The van der Waals surface area contributed by atoms with Crippen LogP contribution in [0.4, 0.5) is 0 Å². The molecule has 4 heteroatoms. The molecule has 0 heterocycles. The van der Waals surface area contributed by atoms with Gasteiger partial charge in [0.05, 0.1) is 0 Å². The van der Waals surface area contributed by atoms with Gasteiger partial charge in [-0.25, -0.2) is 4.79 Å². The van der Waals surface area contributed by atoms with Crippen LogP contribution < -0.4 is 4.74 Å². The lowest BCUT2D eigenvalue weighted by Gasteiger charge is -2.22. The summed E-state index contributed by atoms with van der Waals surface area (Å²) in [5.41, 5.74) is -0.118. The first kappa shape index (κ1) is 16.5. The molecule has 0 bridgehead atoms. The van der Waals surface area contributed by atoms with E-state index in [1.54, 1.807) is 54.6 Å². The van der Waals surface area contributed by atoms with E-state index in [1.165, 1.54) is 19.9 Å². The Morgan fingerprint density at radius 2 is 1.61 bits per heavy atom. The molecule has 23 heavy (non-hydrogen) atoms. The van der Waals surface area contributed by atoms with Crippen molar-refractivity contribution in [3.8, 4) is 5.75 Å². The lowest BCUT2D eigenvalue weighted by molar-refractivity contribution is -0.152. The SMILES string of the molecule is CC(C)(Oc1ccccc1C=CC(=O)c1ccccc1)C(=O)O. The van der Waals surface area contributed by atoms with Gasteiger partial charge in [-0.3, -0.25) is 4.79 Å². The van der Waals surface area contributed by atoms with Gasteiger partial charge in [-0.05, 0) is 32.1 Å². The highest BCUT2D eigenvalue weighted by Gasteiger charge is 2.29. The van der Waals surface area contributed by atoms with Crippen molar-refractivity contribution in [2.24, 2.45) is 0 Å². The molecule has 2 aromatic carbocycles. The Labute approximate surface area is 135 Å². The average molecular weight is 310 g/mol. The molecule has 0 saturated heterocycles. The van der Waals surface area contributed by atoms with Gasteiger partial charge in [-0.1, -0.05) is 48.5 Å². The second-order valence-electron chi connectivity index (χ2n) is 5.52. The van der Waals surface area contributed by atoms with Gasteiger partial charge in [-0.15, -0.1) is 0 Å². The summed E-state index contributed by atoms with van der Waals surface area (Å²) in [5, 5.41) is 9.16. The Morgan fingerprint density at radius 1 is 1.00 bits per heavy atom. The molecule has 0 unspecified atom stereocenters. The van der Waals surface area contributed by atoms with Crippen LogP contribution in [0.25, 0.3) is 6.08 Å². The summed E-state index contributed by atoms with van der Waals surface area (Å²) in [6, 6.07) is 15.9. The maximum Gasteiger partial charge on any atom is 0.347 e. The zero-order chi connectivity index (χ0) is 16.9. The van der Waals surface area contributed by atoms with E-state index in [1.807, 2.05) is 6.07 Å². The molecular formula is C19H18O4. The predicted octanol–water partition coefficient (Wildman–Crippen LogP) is 3.82. The Kier molecular flexibility index (Phi) is 4.96. The highest BCUT2D eigenvalue weighted by molar-refractivity contribution is 6.06. The zero-order valence-electron chi connectivity index (χ0n) is 13.0. The maximum atomic E-state index is 12.1. The van der Waals surface area contributed by atoms with Gasteiger partial charge in [0.25, 0.3) is 0 Å². The molecule has 0 aliphatic heterocycles. The minimum Gasteiger partial charge on any atom is -0.478 e. The highest BCUT2D eigenvalue weighted by atomic mass is 16.5. The topological polar surface area (TPSA) is 63.6 Å². The van der Waals surface area contributed by atoms with Gasteiger partial charge < -0.3 is 9.84 Å². The first-order valence-electron chi connectivity index (χ1n) is 7.19. The maximum absolute atomic E-state index is 12.1. The number of rotatable bonds is 6. The highest BCUT2D eigenvalue weighted by Crippen LogP contribution is 2.24. The van der Waals surface area contributed by atoms with Crippen molar-refractivity contribution in [2.75, 3.05) is 0 Å². The van der Waals surface area contributed by atoms with E-state index in [0.717, 1.165) is 0 Å². The van der Waals surface area contributed by atoms with Crippen LogP contribution in [0.3, 0.4) is 0 Å². The normalized spacial score (nSPS) is 11.4. The van der Waals surface area contributed by atoms with Crippen LogP contribution in [0, 0.1) is 0 Å². The molecule has 0 atom stereocenters. The Morgan fingerprint density at radius 3 is 2.26 bits per heavy atom. The lowest BCUT2D eigenvalue weighted by Crippen LogP contribution is -2.38. The average Bonchev–Trinajstić information content (AvgIpc) is 2.54. The minimum absolute atomic E-state index is 0.127. The summed E-state index contributed by atoms with van der Waals surface area (Å²) in [6.07, 6.45) is 3.08. The summed E-state index contributed by atoms with van der Waals surface area (Å²) in [4.78, 5) is 23.3. The third-order valence-electron chi connectivity index (χ3n) is 3.27. The second kappa shape index (κ2) is 6.92. The van der Waals surface area contributed by atoms with Crippen LogP contribution in [0.2, 0.25) is 0 Å². The number of hydrogen-bond donors (Lipinski definition) is 1. The molecule has 0 saturated carbocycles. The first-order chi connectivity index (χ1) is 10.9. The molecule has 0 fully saturated rings. The number of para-hydroxylation sites is 1. The van der Waals surface area contributed by atoms with Gasteiger partial charge in [-0.2, -0.15) is 0 Å². The van der Waals surface area contributed by atoms with E-state index < -0.39 is 11.6 Å². The van der Waals surface area contributed by atoms with Crippen molar-refractivity contribution in [1.29, 1.82) is 0 Å². The molecule has 0 aliphatic rings. The van der Waals surface area contributed by atoms with Gasteiger partial charge in [0, 0.05) is 11.1 Å². The third kappa shape index (κ3) is 4.30. The third-order valence-corrected chi connectivity index (χ3v) is 3.27. The number of carbonyl (C=O) groups excluding carboxylic acids is 1. The number of carboxylic acid groups (broad SMARTS) is 1. The standard InChI is InChI=1S/C19H18O4/c1-19(2,18(21)22)23-17-11-7-6-10-15(17)12-13-16(20)14-8-4-3-5-9-14/h3-13H,1-2H3,(H,21,22). The summed E-state index contributed by atoms with van der Waals surface area (Å²) >= 11 is 0. The Bertz CT molecular complexity index is 730. The molecular weight excluding hydrogens is 292 g/mol. The fourth-order valence-corrected chi connectivity index (χ4v) is 1.89. The summed E-state index contributed by atoms with van der Waals surface area (Å²) in [6.45, 7) is 2.95. The van der Waals surface area contributed by atoms with Gasteiger partial charge >= 0.3 is 5.97 Å². The number of carbonyl (C=O) groups is 2. The molecule has 0 amide bonds. The monoisotopic (exact) mass is 310 g/mol. The molecule has 0 aliphatic carbocycles. The van der Waals surface area contributed by atoms with Crippen LogP contribution in [0.1, 0.15) is 29.8 Å². The number of ether oxygens (including phenoxy) is 1. The fourth-order valence-electron chi connectivity index (χ4n) is 1.89. The number of aliphatic carboxylic acids is 1. The summed E-state index contributed by atoms with van der Waals surface area (Å²) in [5.74, 6) is -0.772. The fraction of sp³-hybridized carbons (Fsp3) is 0.158. The van der Waals surface area contributed by atoms with Crippen molar-refractivity contribution < 1.29 is 19.4 Å². The van der Waals surface area contributed by atoms with Crippen LogP contribution >= 0.6 is 0 Å². The summed E-state index contributed by atoms with van der Waals surface area (Å²) < 4.78 is 5.57. The van der Waals surface area contributed by atoms with Gasteiger partial charge in [0.2, 0.25) is 0 Å². The van der Waals surface area contributed by atoms with E-state index in [9.17, 15) is 9.59 Å². The van der Waals surface area contributed by atoms with E-state index >= 15 is 0 Å². The molecule has 0 aromatic heterocycles. The number of ketones is 1. The van der Waals surface area contributed by atoms with E-state index in [0.29, 0.717) is 16.9 Å². The quantitative estimate of drug-likeness (QED) is 0.650.